The second-order valence-corrected chi connectivity index (χ2v) is 19.0. The number of hydrogen-bond donors (Lipinski definition) is 3. The van der Waals surface area contributed by atoms with Crippen LogP contribution in [0.3, 0.4) is 0 Å². The van der Waals surface area contributed by atoms with Crippen LogP contribution in [-0.2, 0) is 4.79 Å². The number of hydrogen-bond acceptors (Lipinski definition) is 3. The maximum absolute atomic E-state index is 12.5. The lowest BCUT2D eigenvalue weighted by atomic mass is 10.0. The Kier molecular flexibility index (Phi) is 51.7. The SMILES string of the molecule is CCCCCCCCCC/C=C\CCCCCCCCCCCCCC(=O)NC(CO)C(O)/C=C/CC/C=C/CCCCCCCCCCCCCCCCCCCCCC. The first-order valence-corrected chi connectivity index (χ1v) is 27.7. The van der Waals surface area contributed by atoms with Gasteiger partial charge in [-0.3, -0.25) is 4.79 Å². The number of carbonyl (C=O) groups excluding carboxylic acids is 1. The van der Waals surface area contributed by atoms with Crippen molar-refractivity contribution in [3.05, 3.63) is 36.5 Å². The third kappa shape index (κ3) is 49.5. The predicted molar refractivity (Wildman–Crippen MR) is 272 cm³/mol. The third-order valence-electron chi connectivity index (χ3n) is 12.8. The second-order valence-electron chi connectivity index (χ2n) is 19.0. The minimum Gasteiger partial charge on any atom is -0.394 e. The molecule has 1 amide bonds. The van der Waals surface area contributed by atoms with Gasteiger partial charge in [0.15, 0.2) is 0 Å². The number of aliphatic hydroxyl groups excluding tert-OH is 2. The lowest BCUT2D eigenvalue weighted by Gasteiger charge is -2.19. The molecule has 0 saturated heterocycles. The molecule has 0 bridgehead atoms. The molecular weight excluding hydrogens is 747 g/mol. The quantitative estimate of drug-likeness (QED) is 0.0422. The first-order valence-electron chi connectivity index (χ1n) is 27.7. The molecule has 0 spiro atoms. The number of allylic oxidation sites excluding steroid dienone is 5. The molecule has 0 aromatic heterocycles. The van der Waals surface area contributed by atoms with Gasteiger partial charge in [-0.25, -0.2) is 0 Å². The van der Waals surface area contributed by atoms with Crippen molar-refractivity contribution in [2.45, 2.75) is 315 Å². The fourth-order valence-corrected chi connectivity index (χ4v) is 8.60. The molecule has 0 aliphatic rings. The highest BCUT2D eigenvalue weighted by Crippen LogP contribution is 2.17. The number of nitrogens with one attached hydrogen (secondary N) is 1. The van der Waals surface area contributed by atoms with Crippen molar-refractivity contribution in [3.8, 4) is 0 Å². The number of unbranched alkanes of at least 4 members (excludes halogenated alkanes) is 40. The zero-order valence-electron chi connectivity index (χ0n) is 41.4. The summed E-state index contributed by atoms with van der Waals surface area (Å²) < 4.78 is 0. The highest BCUT2D eigenvalue weighted by Gasteiger charge is 2.18. The highest BCUT2D eigenvalue weighted by molar-refractivity contribution is 5.76. The molecule has 4 nitrogen and oxygen atoms in total. The van der Waals surface area contributed by atoms with Crippen molar-refractivity contribution >= 4 is 5.91 Å². The average Bonchev–Trinajstić information content (AvgIpc) is 3.26. The summed E-state index contributed by atoms with van der Waals surface area (Å²) in [6.45, 7) is 4.33. The zero-order valence-corrected chi connectivity index (χ0v) is 41.4. The van der Waals surface area contributed by atoms with Crippen molar-refractivity contribution in [2.24, 2.45) is 0 Å². The lowest BCUT2D eigenvalue weighted by Crippen LogP contribution is -2.45. The monoisotopic (exact) mass is 856 g/mol. The van der Waals surface area contributed by atoms with Gasteiger partial charge in [0.25, 0.3) is 0 Å². The van der Waals surface area contributed by atoms with E-state index in [1.54, 1.807) is 6.08 Å². The molecule has 0 saturated carbocycles. The van der Waals surface area contributed by atoms with Gasteiger partial charge in [-0.05, 0) is 57.8 Å². The van der Waals surface area contributed by atoms with Crippen molar-refractivity contribution in [3.63, 3.8) is 0 Å². The maximum atomic E-state index is 12.5. The number of amides is 1. The topological polar surface area (TPSA) is 69.6 Å². The zero-order chi connectivity index (χ0) is 44.2. The Bertz CT molecular complexity index is 928. The number of carbonyl (C=O) groups is 1. The molecule has 360 valence electrons. The van der Waals surface area contributed by atoms with E-state index in [4.69, 9.17) is 0 Å². The van der Waals surface area contributed by atoms with E-state index in [2.05, 4.69) is 43.5 Å². The standard InChI is InChI=1S/C57H109NO3/c1-3-5-7-9-11-13-15-17-19-21-23-25-27-28-29-31-32-34-36-38-40-42-44-46-48-50-52-56(60)55(54-59)58-57(61)53-51-49-47-45-43-41-39-37-35-33-30-26-24-22-20-18-16-14-12-10-8-6-4-2/h22,24,42,44,50,52,55-56,59-60H,3-21,23,25-41,43,45-49,51,53-54H2,1-2H3,(H,58,61)/b24-22-,44-42+,52-50+. The van der Waals surface area contributed by atoms with Crippen LogP contribution in [0.1, 0.15) is 303 Å². The van der Waals surface area contributed by atoms with Crippen molar-refractivity contribution in [2.75, 3.05) is 6.61 Å². The highest BCUT2D eigenvalue weighted by atomic mass is 16.3. The van der Waals surface area contributed by atoms with E-state index in [1.807, 2.05) is 6.08 Å². The fraction of sp³-hybridized carbons (Fsp3) is 0.877. The molecule has 0 aliphatic heterocycles. The summed E-state index contributed by atoms with van der Waals surface area (Å²) in [6.07, 6.45) is 71.6. The van der Waals surface area contributed by atoms with Crippen LogP contribution in [0, 0.1) is 0 Å². The van der Waals surface area contributed by atoms with Crippen LogP contribution < -0.4 is 5.32 Å². The van der Waals surface area contributed by atoms with E-state index < -0.39 is 12.1 Å². The van der Waals surface area contributed by atoms with E-state index in [-0.39, 0.29) is 12.5 Å². The summed E-state index contributed by atoms with van der Waals surface area (Å²) in [5.74, 6) is -0.0709. The summed E-state index contributed by atoms with van der Waals surface area (Å²) in [6, 6.07) is -0.639. The molecule has 0 aromatic rings. The van der Waals surface area contributed by atoms with Gasteiger partial charge in [-0.15, -0.1) is 0 Å². The van der Waals surface area contributed by atoms with Gasteiger partial charge in [0.05, 0.1) is 18.8 Å². The molecule has 0 fully saturated rings. The number of aliphatic hydroxyl groups is 2. The van der Waals surface area contributed by atoms with Crippen LogP contribution in [0.5, 0.6) is 0 Å². The fourth-order valence-electron chi connectivity index (χ4n) is 8.60. The summed E-state index contributed by atoms with van der Waals surface area (Å²) in [4.78, 5) is 12.5. The Morgan fingerprint density at radius 2 is 0.639 bits per heavy atom. The van der Waals surface area contributed by atoms with Crippen LogP contribution in [0.2, 0.25) is 0 Å². The molecular formula is C57H109NO3. The Morgan fingerprint density at radius 3 is 0.951 bits per heavy atom. The molecule has 0 radical (unpaired) electrons. The molecule has 0 heterocycles. The van der Waals surface area contributed by atoms with Gasteiger partial charge in [-0.1, -0.05) is 275 Å². The van der Waals surface area contributed by atoms with Crippen LogP contribution in [0.4, 0.5) is 0 Å². The Labute approximate surface area is 382 Å². The summed E-state index contributed by atoms with van der Waals surface area (Å²) >= 11 is 0. The van der Waals surface area contributed by atoms with Gasteiger partial charge < -0.3 is 15.5 Å². The smallest absolute Gasteiger partial charge is 0.220 e. The first kappa shape index (κ1) is 59.6. The van der Waals surface area contributed by atoms with Gasteiger partial charge >= 0.3 is 0 Å². The van der Waals surface area contributed by atoms with Gasteiger partial charge in [0, 0.05) is 6.42 Å². The van der Waals surface area contributed by atoms with Crippen molar-refractivity contribution in [1.29, 1.82) is 0 Å². The van der Waals surface area contributed by atoms with Gasteiger partial charge in [0.1, 0.15) is 0 Å². The van der Waals surface area contributed by atoms with E-state index in [9.17, 15) is 15.0 Å². The predicted octanol–water partition coefficient (Wildman–Crippen LogP) is 18.1. The average molecular weight is 857 g/mol. The Balaban J connectivity index is 3.52. The summed E-state index contributed by atoms with van der Waals surface area (Å²) in [5, 5.41) is 23.1. The molecule has 0 aliphatic carbocycles. The van der Waals surface area contributed by atoms with Gasteiger partial charge in [0.2, 0.25) is 5.91 Å². The first-order chi connectivity index (χ1) is 30.2. The minimum absolute atomic E-state index is 0.0709. The second kappa shape index (κ2) is 53.0. The van der Waals surface area contributed by atoms with Crippen molar-refractivity contribution in [1.82, 2.24) is 5.32 Å². The molecule has 3 N–H and O–H groups in total. The van der Waals surface area contributed by atoms with E-state index >= 15 is 0 Å². The number of rotatable bonds is 51. The van der Waals surface area contributed by atoms with Crippen molar-refractivity contribution < 1.29 is 15.0 Å². The third-order valence-corrected chi connectivity index (χ3v) is 12.8. The summed E-state index contributed by atoms with van der Waals surface area (Å²) in [5.41, 5.74) is 0. The Hall–Kier alpha value is -1.39. The Morgan fingerprint density at radius 1 is 0.377 bits per heavy atom. The molecule has 2 unspecified atom stereocenters. The molecule has 61 heavy (non-hydrogen) atoms. The van der Waals surface area contributed by atoms with E-state index in [0.29, 0.717) is 6.42 Å². The normalized spacial score (nSPS) is 13.0. The van der Waals surface area contributed by atoms with Crippen LogP contribution in [0.15, 0.2) is 36.5 Å². The molecule has 2 atom stereocenters. The maximum Gasteiger partial charge on any atom is 0.220 e. The summed E-state index contributed by atoms with van der Waals surface area (Å²) in [7, 11) is 0. The lowest BCUT2D eigenvalue weighted by molar-refractivity contribution is -0.123. The van der Waals surface area contributed by atoms with Crippen LogP contribution in [-0.4, -0.2) is 34.9 Å². The molecule has 4 heteroatoms. The minimum atomic E-state index is -0.862. The van der Waals surface area contributed by atoms with Crippen LogP contribution in [0.25, 0.3) is 0 Å². The van der Waals surface area contributed by atoms with E-state index in [0.717, 1.165) is 32.1 Å². The largest absolute Gasteiger partial charge is 0.394 e. The van der Waals surface area contributed by atoms with Gasteiger partial charge in [-0.2, -0.15) is 0 Å². The van der Waals surface area contributed by atoms with Crippen LogP contribution >= 0.6 is 0 Å². The molecule has 0 aromatic carbocycles. The van der Waals surface area contributed by atoms with E-state index in [1.165, 1.54) is 250 Å². The molecule has 0 rings (SSSR count).